The Morgan fingerprint density at radius 1 is 0.284 bits per heavy atom. The summed E-state index contributed by atoms with van der Waals surface area (Å²) >= 11 is 0. The third-order valence-corrected chi connectivity index (χ3v) is 15.6. The predicted molar refractivity (Wildman–Crippen MR) is 297 cm³/mol. The maximum Gasteiger partial charge on any atom is 0.222 e. The van der Waals surface area contributed by atoms with Crippen LogP contribution in [0.4, 0.5) is 0 Å². The third-order valence-electron chi connectivity index (χ3n) is 15.6. The second-order valence-electron chi connectivity index (χ2n) is 22.0. The fraction of sp³-hybridized carbons (Fsp3) is 0.968. The minimum Gasteiger partial charge on any atom is -0.343 e. The molecule has 0 saturated heterocycles. The number of hydrogen-bond acceptors (Lipinski definition) is 3. The first kappa shape index (κ1) is 63.9. The van der Waals surface area contributed by atoms with E-state index in [9.17, 15) is 9.59 Å². The van der Waals surface area contributed by atoms with Crippen molar-refractivity contribution in [2.24, 2.45) is 0 Å². The zero-order valence-electron chi connectivity index (χ0n) is 46.6. The van der Waals surface area contributed by atoms with E-state index < -0.39 is 0 Å². The van der Waals surface area contributed by atoms with E-state index in [1.54, 1.807) is 0 Å². The predicted octanol–water partition coefficient (Wildman–Crippen LogP) is 19.5. The Morgan fingerprint density at radius 2 is 0.507 bits per heavy atom. The van der Waals surface area contributed by atoms with Crippen molar-refractivity contribution in [3.8, 4) is 0 Å². The molecule has 0 aromatic rings. The van der Waals surface area contributed by atoms with Gasteiger partial charge in [0.15, 0.2) is 0 Å². The van der Waals surface area contributed by atoms with E-state index in [4.69, 9.17) is 0 Å². The van der Waals surface area contributed by atoms with E-state index in [0.29, 0.717) is 11.8 Å². The van der Waals surface area contributed by atoms with Crippen LogP contribution in [0.15, 0.2) is 0 Å². The van der Waals surface area contributed by atoms with Crippen molar-refractivity contribution in [1.29, 1.82) is 0 Å². The van der Waals surface area contributed by atoms with Crippen molar-refractivity contribution in [3.05, 3.63) is 0 Å². The van der Waals surface area contributed by atoms with E-state index in [1.807, 2.05) is 0 Å². The minimum absolute atomic E-state index is 0.435. The zero-order chi connectivity index (χ0) is 48.4. The Hall–Kier alpha value is -1.10. The number of carbonyl (C=O) groups excluding carboxylic acids is 2. The first-order valence-corrected chi connectivity index (χ1v) is 31.4. The summed E-state index contributed by atoms with van der Waals surface area (Å²) in [6, 6.07) is 0.810. The van der Waals surface area contributed by atoms with Gasteiger partial charge in [0.2, 0.25) is 11.8 Å². The molecule has 0 unspecified atom stereocenters. The molecule has 0 atom stereocenters. The molecule has 1 saturated carbocycles. The van der Waals surface area contributed by atoms with Gasteiger partial charge in [-0.25, -0.2) is 0 Å². The largest absolute Gasteiger partial charge is 0.343 e. The van der Waals surface area contributed by atoms with Crippen LogP contribution in [0, 0.1) is 0 Å². The van der Waals surface area contributed by atoms with Gasteiger partial charge in [-0.05, 0) is 77.3 Å². The molecule has 5 heteroatoms. The molecule has 0 heterocycles. The lowest BCUT2D eigenvalue weighted by molar-refractivity contribution is -0.132. The average Bonchev–Trinajstić information content (AvgIpc) is 3.34. The van der Waals surface area contributed by atoms with Crippen LogP contribution in [0.3, 0.4) is 0 Å². The van der Waals surface area contributed by atoms with Crippen LogP contribution in [-0.2, 0) is 9.59 Å². The first-order chi connectivity index (χ1) is 33.1. The van der Waals surface area contributed by atoms with Crippen LogP contribution in [0.2, 0.25) is 0 Å². The Balaban J connectivity index is 2.40. The molecule has 0 bridgehead atoms. The Kier molecular flexibility index (Phi) is 48.9. The molecule has 1 aliphatic carbocycles. The fourth-order valence-electron chi connectivity index (χ4n) is 11.0. The fourth-order valence-corrected chi connectivity index (χ4v) is 11.0. The van der Waals surface area contributed by atoms with Crippen molar-refractivity contribution < 1.29 is 9.59 Å². The third kappa shape index (κ3) is 41.2. The number of amides is 2. The molecule has 0 spiro atoms. The van der Waals surface area contributed by atoms with E-state index in [-0.39, 0.29) is 0 Å². The Bertz CT molecular complexity index is 993. The van der Waals surface area contributed by atoms with Gasteiger partial charge in [0.1, 0.15) is 0 Å². The van der Waals surface area contributed by atoms with Gasteiger partial charge in [0.05, 0.1) is 0 Å². The molecule has 1 aliphatic rings. The highest BCUT2D eigenvalue weighted by Gasteiger charge is 2.21. The van der Waals surface area contributed by atoms with Crippen LogP contribution >= 0.6 is 0 Å². The number of nitrogens with zero attached hydrogens (tertiary/aromatic N) is 3. The van der Waals surface area contributed by atoms with Crippen LogP contribution in [-0.4, -0.2) is 71.8 Å². The molecule has 398 valence electrons. The summed E-state index contributed by atoms with van der Waals surface area (Å²) in [6.07, 6.45) is 63.5. The maximum absolute atomic E-state index is 13.5. The lowest BCUT2D eigenvalue weighted by atomic mass is 9.93. The molecule has 2 amide bonds. The van der Waals surface area contributed by atoms with Crippen molar-refractivity contribution >= 4 is 11.8 Å². The van der Waals surface area contributed by atoms with Gasteiger partial charge in [-0.3, -0.25) is 9.59 Å². The molecule has 0 N–H and O–H groups in total. The summed E-state index contributed by atoms with van der Waals surface area (Å²) in [4.78, 5) is 34.3. The van der Waals surface area contributed by atoms with Gasteiger partial charge in [-0.2, -0.15) is 0 Å². The lowest BCUT2D eigenvalue weighted by Gasteiger charge is -2.34. The van der Waals surface area contributed by atoms with Gasteiger partial charge in [0.25, 0.3) is 0 Å². The van der Waals surface area contributed by atoms with Crippen molar-refractivity contribution in [2.45, 2.75) is 348 Å². The van der Waals surface area contributed by atoms with Crippen molar-refractivity contribution in [2.75, 3.05) is 39.3 Å². The van der Waals surface area contributed by atoms with Crippen LogP contribution in [0.5, 0.6) is 0 Å². The molecule has 0 radical (unpaired) electrons. The summed E-state index contributed by atoms with van der Waals surface area (Å²) in [5.41, 5.74) is 0. The SMILES string of the molecule is CCCCCCCCCCN(CCCCCCCCN(CCCCCCCC(=O)N(CCCCCCCCCC)CCCCCCCCCC)C1CCCCC1)C(=O)CCCCCCCCC. The molecular weight excluding hydrogens is 819 g/mol. The topological polar surface area (TPSA) is 43.9 Å². The summed E-state index contributed by atoms with van der Waals surface area (Å²) in [7, 11) is 0. The summed E-state index contributed by atoms with van der Waals surface area (Å²) in [6.45, 7) is 15.7. The van der Waals surface area contributed by atoms with E-state index in [1.165, 1.54) is 302 Å². The number of carbonyl (C=O) groups is 2. The summed E-state index contributed by atoms with van der Waals surface area (Å²) in [5.74, 6) is 0.875. The van der Waals surface area contributed by atoms with Crippen molar-refractivity contribution in [3.63, 3.8) is 0 Å². The molecule has 1 fully saturated rings. The number of hydrogen-bond donors (Lipinski definition) is 0. The van der Waals surface area contributed by atoms with E-state index >= 15 is 0 Å². The van der Waals surface area contributed by atoms with E-state index in [2.05, 4.69) is 42.4 Å². The Morgan fingerprint density at radius 3 is 0.776 bits per heavy atom. The van der Waals surface area contributed by atoms with Crippen molar-refractivity contribution in [1.82, 2.24) is 14.7 Å². The average molecular weight is 943 g/mol. The number of rotatable bonds is 53. The van der Waals surface area contributed by atoms with Crippen LogP contribution in [0.25, 0.3) is 0 Å². The molecule has 1 rings (SSSR count). The summed E-state index contributed by atoms with van der Waals surface area (Å²) in [5, 5.41) is 0. The van der Waals surface area contributed by atoms with Gasteiger partial charge in [0, 0.05) is 45.1 Å². The maximum atomic E-state index is 13.5. The van der Waals surface area contributed by atoms with Gasteiger partial charge >= 0.3 is 0 Å². The molecule has 0 aliphatic heterocycles. The minimum atomic E-state index is 0.435. The molecular formula is C62H123N3O2. The Labute approximate surface area is 422 Å². The quantitative estimate of drug-likeness (QED) is 0.0571. The lowest BCUT2D eigenvalue weighted by Crippen LogP contribution is -2.38. The molecule has 67 heavy (non-hydrogen) atoms. The second-order valence-corrected chi connectivity index (χ2v) is 22.0. The monoisotopic (exact) mass is 942 g/mol. The van der Waals surface area contributed by atoms with Gasteiger partial charge < -0.3 is 14.7 Å². The highest BCUT2D eigenvalue weighted by molar-refractivity contribution is 5.76. The van der Waals surface area contributed by atoms with Crippen LogP contribution in [0.1, 0.15) is 342 Å². The second kappa shape index (κ2) is 51.3. The standard InChI is InChI=1S/C62H123N3O2/c1-5-9-13-17-21-25-34-46-56-64(57-47-35-26-22-18-14-10-6-2)62(67)53-43-32-30-38-45-55-63(60-50-40-39-41-51-60)54-44-33-28-29-37-49-59-65(58-48-36-27-23-19-15-11-7-3)61(66)52-42-31-24-20-16-12-8-4/h60H,5-59H2,1-4H3. The zero-order valence-corrected chi connectivity index (χ0v) is 46.6. The molecule has 0 aromatic carbocycles. The molecule has 0 aromatic heterocycles. The highest BCUT2D eigenvalue weighted by Crippen LogP contribution is 2.24. The van der Waals surface area contributed by atoms with Gasteiger partial charge in [-0.15, -0.1) is 0 Å². The van der Waals surface area contributed by atoms with Gasteiger partial charge in [-0.1, -0.05) is 265 Å². The normalized spacial score (nSPS) is 13.3. The number of unbranched alkanes of at least 4 members (excludes halogenated alkanes) is 36. The smallest absolute Gasteiger partial charge is 0.222 e. The molecule has 5 nitrogen and oxygen atoms in total. The highest BCUT2D eigenvalue weighted by atomic mass is 16.2. The first-order valence-electron chi connectivity index (χ1n) is 31.4. The van der Waals surface area contributed by atoms with Crippen LogP contribution < -0.4 is 0 Å². The van der Waals surface area contributed by atoms with E-state index in [0.717, 1.165) is 57.9 Å². The summed E-state index contributed by atoms with van der Waals surface area (Å²) < 4.78 is 0.